The summed E-state index contributed by atoms with van der Waals surface area (Å²) in [5, 5.41) is 15.4. The second-order valence-electron chi connectivity index (χ2n) is 6.29. The molecular weight excluding hydrogens is 310 g/mol. The van der Waals surface area contributed by atoms with Crippen molar-refractivity contribution in [3.63, 3.8) is 0 Å². The van der Waals surface area contributed by atoms with Crippen LogP contribution in [0.15, 0.2) is 66.7 Å². The number of fused-ring (bicyclic) bond motifs is 1. The Morgan fingerprint density at radius 3 is 2.44 bits per heavy atom. The number of carbonyl (C=O) groups excluding carboxylic acids is 1. The predicted octanol–water partition coefficient (Wildman–Crippen LogP) is 5.26. The van der Waals surface area contributed by atoms with Crippen LogP contribution in [0.3, 0.4) is 0 Å². The maximum Gasteiger partial charge on any atom is 0.185 e. The van der Waals surface area contributed by atoms with E-state index in [1.807, 2.05) is 42.5 Å². The Kier molecular flexibility index (Phi) is 4.85. The number of rotatable bonds is 5. The third-order valence-corrected chi connectivity index (χ3v) is 3.97. The molecule has 0 fully saturated rings. The average molecular weight is 331 g/mol. The first-order valence-corrected chi connectivity index (χ1v) is 8.34. The van der Waals surface area contributed by atoms with E-state index < -0.39 is 0 Å². The molecule has 0 aromatic heterocycles. The fraction of sp³-hybridized carbons (Fsp3) is 0.136. The first kappa shape index (κ1) is 16.8. The molecular formula is C22H21NO2. The van der Waals surface area contributed by atoms with E-state index in [0.717, 1.165) is 16.5 Å². The summed E-state index contributed by atoms with van der Waals surface area (Å²) in [6.45, 7) is 4.14. The van der Waals surface area contributed by atoms with Crippen LogP contribution in [0.1, 0.15) is 29.8 Å². The molecule has 3 rings (SSSR count). The molecule has 0 saturated heterocycles. The first-order valence-electron chi connectivity index (χ1n) is 8.34. The lowest BCUT2D eigenvalue weighted by molar-refractivity contribution is 0.104. The topological polar surface area (TPSA) is 49.3 Å². The second-order valence-corrected chi connectivity index (χ2v) is 6.29. The van der Waals surface area contributed by atoms with Gasteiger partial charge in [-0.1, -0.05) is 30.3 Å². The zero-order valence-electron chi connectivity index (χ0n) is 14.4. The number of allylic oxidation sites excluding steroid dienone is 1. The fourth-order valence-corrected chi connectivity index (χ4v) is 2.78. The number of anilines is 1. The number of phenolic OH excluding ortho intramolecular Hbond substituents is 1. The summed E-state index contributed by atoms with van der Waals surface area (Å²) in [6.07, 6.45) is 3.19. The van der Waals surface area contributed by atoms with E-state index in [0.29, 0.717) is 17.2 Å². The number of carbonyl (C=O) groups is 1. The smallest absolute Gasteiger partial charge is 0.185 e. The summed E-state index contributed by atoms with van der Waals surface area (Å²) in [4.78, 5) is 12.4. The number of hydrogen-bond acceptors (Lipinski definition) is 3. The van der Waals surface area contributed by atoms with Gasteiger partial charge in [0.25, 0.3) is 0 Å². The predicted molar refractivity (Wildman–Crippen MR) is 104 cm³/mol. The largest absolute Gasteiger partial charge is 0.507 e. The van der Waals surface area contributed by atoms with Gasteiger partial charge in [0.15, 0.2) is 5.78 Å². The van der Waals surface area contributed by atoms with Crippen LogP contribution < -0.4 is 5.32 Å². The summed E-state index contributed by atoms with van der Waals surface area (Å²) in [5.74, 6) is 0.0719. The highest BCUT2D eigenvalue weighted by Crippen LogP contribution is 2.28. The highest BCUT2D eigenvalue weighted by atomic mass is 16.3. The van der Waals surface area contributed by atoms with Gasteiger partial charge >= 0.3 is 0 Å². The van der Waals surface area contributed by atoms with Crippen molar-refractivity contribution >= 4 is 28.3 Å². The molecule has 25 heavy (non-hydrogen) atoms. The molecule has 0 aliphatic rings. The Morgan fingerprint density at radius 2 is 1.72 bits per heavy atom. The van der Waals surface area contributed by atoms with Crippen molar-refractivity contribution in [2.45, 2.75) is 19.9 Å². The lowest BCUT2D eigenvalue weighted by atomic mass is 10.0. The molecule has 0 bridgehead atoms. The maximum absolute atomic E-state index is 12.4. The maximum atomic E-state index is 12.4. The van der Waals surface area contributed by atoms with E-state index in [1.165, 1.54) is 6.08 Å². The second kappa shape index (κ2) is 7.22. The van der Waals surface area contributed by atoms with Crippen LogP contribution in [0, 0.1) is 0 Å². The number of phenols is 1. The summed E-state index contributed by atoms with van der Waals surface area (Å²) in [7, 11) is 0. The zero-order chi connectivity index (χ0) is 17.8. The van der Waals surface area contributed by atoms with Gasteiger partial charge in [0, 0.05) is 22.9 Å². The molecule has 3 aromatic rings. The minimum atomic E-state index is -0.0940. The van der Waals surface area contributed by atoms with Crippen molar-refractivity contribution in [1.29, 1.82) is 0 Å². The van der Waals surface area contributed by atoms with Crippen LogP contribution in [0.2, 0.25) is 0 Å². The molecule has 0 unspecified atom stereocenters. The molecule has 3 nitrogen and oxygen atoms in total. The van der Waals surface area contributed by atoms with Crippen molar-refractivity contribution in [2.24, 2.45) is 0 Å². The molecule has 3 heteroatoms. The highest BCUT2D eigenvalue weighted by molar-refractivity contribution is 6.08. The Balaban J connectivity index is 1.85. The molecule has 0 amide bonds. The van der Waals surface area contributed by atoms with E-state index >= 15 is 0 Å². The van der Waals surface area contributed by atoms with Gasteiger partial charge in [-0.3, -0.25) is 4.79 Å². The van der Waals surface area contributed by atoms with E-state index in [-0.39, 0.29) is 11.5 Å². The number of benzene rings is 3. The Hall–Kier alpha value is -3.07. The highest BCUT2D eigenvalue weighted by Gasteiger charge is 2.06. The molecule has 0 radical (unpaired) electrons. The Labute approximate surface area is 147 Å². The minimum Gasteiger partial charge on any atom is -0.507 e. The van der Waals surface area contributed by atoms with Crippen molar-refractivity contribution in [1.82, 2.24) is 0 Å². The third kappa shape index (κ3) is 3.89. The molecule has 0 atom stereocenters. The third-order valence-electron chi connectivity index (χ3n) is 3.97. The van der Waals surface area contributed by atoms with E-state index in [1.54, 1.807) is 24.3 Å². The van der Waals surface area contributed by atoms with Crippen LogP contribution in [0.25, 0.3) is 16.8 Å². The van der Waals surface area contributed by atoms with Crippen molar-refractivity contribution in [2.75, 3.05) is 5.32 Å². The van der Waals surface area contributed by atoms with Crippen LogP contribution in [-0.2, 0) is 0 Å². The van der Waals surface area contributed by atoms with Gasteiger partial charge in [-0.25, -0.2) is 0 Å². The van der Waals surface area contributed by atoms with Gasteiger partial charge in [0.2, 0.25) is 0 Å². The standard InChI is InChI=1S/C22H21NO2/c1-15(2)23-18-10-7-17(8-11-18)21(24)14-12-20-19-6-4-3-5-16(19)9-13-22(20)25/h3-15,23,25H,1-2H3/b14-12+. The molecule has 0 saturated carbocycles. The number of hydrogen-bond donors (Lipinski definition) is 2. The molecule has 0 aliphatic heterocycles. The van der Waals surface area contributed by atoms with E-state index in [4.69, 9.17) is 0 Å². The molecule has 0 aliphatic carbocycles. The summed E-state index contributed by atoms with van der Waals surface area (Å²) >= 11 is 0. The Morgan fingerprint density at radius 1 is 1.00 bits per heavy atom. The number of nitrogens with one attached hydrogen (secondary N) is 1. The number of ketones is 1. The van der Waals surface area contributed by atoms with Crippen LogP contribution in [0.4, 0.5) is 5.69 Å². The monoisotopic (exact) mass is 331 g/mol. The van der Waals surface area contributed by atoms with Crippen LogP contribution >= 0.6 is 0 Å². The van der Waals surface area contributed by atoms with Gasteiger partial charge in [-0.05, 0) is 67.1 Å². The van der Waals surface area contributed by atoms with Crippen LogP contribution in [0.5, 0.6) is 5.75 Å². The summed E-state index contributed by atoms with van der Waals surface area (Å²) in [5.41, 5.74) is 2.26. The zero-order valence-corrected chi connectivity index (χ0v) is 14.4. The van der Waals surface area contributed by atoms with Gasteiger partial charge in [-0.2, -0.15) is 0 Å². The van der Waals surface area contributed by atoms with Gasteiger partial charge in [0.1, 0.15) is 5.75 Å². The van der Waals surface area contributed by atoms with E-state index in [9.17, 15) is 9.90 Å². The summed E-state index contributed by atoms with van der Waals surface area (Å²) in [6, 6.07) is 19.1. The lowest BCUT2D eigenvalue weighted by Gasteiger charge is -2.09. The van der Waals surface area contributed by atoms with E-state index in [2.05, 4.69) is 19.2 Å². The normalized spacial score (nSPS) is 11.3. The molecule has 3 aromatic carbocycles. The van der Waals surface area contributed by atoms with Gasteiger partial charge < -0.3 is 10.4 Å². The number of aromatic hydroxyl groups is 1. The average Bonchev–Trinajstić information content (AvgIpc) is 2.61. The minimum absolute atomic E-state index is 0.0940. The molecule has 2 N–H and O–H groups in total. The SMILES string of the molecule is CC(C)Nc1ccc(C(=O)/C=C/c2c(O)ccc3ccccc23)cc1. The van der Waals surface area contributed by atoms with Crippen LogP contribution in [-0.4, -0.2) is 16.9 Å². The molecule has 0 spiro atoms. The van der Waals surface area contributed by atoms with Gasteiger partial charge in [0.05, 0.1) is 0 Å². The molecule has 0 heterocycles. The summed E-state index contributed by atoms with van der Waals surface area (Å²) < 4.78 is 0. The Bertz CT molecular complexity index is 924. The van der Waals surface area contributed by atoms with Crippen molar-refractivity contribution < 1.29 is 9.90 Å². The van der Waals surface area contributed by atoms with Crippen molar-refractivity contribution in [3.8, 4) is 5.75 Å². The fourth-order valence-electron chi connectivity index (χ4n) is 2.78. The lowest BCUT2D eigenvalue weighted by Crippen LogP contribution is -2.09. The molecule has 126 valence electrons. The van der Waals surface area contributed by atoms with Gasteiger partial charge in [-0.15, -0.1) is 0 Å². The quantitative estimate of drug-likeness (QED) is 0.495. The van der Waals surface area contributed by atoms with Crippen molar-refractivity contribution in [3.05, 3.63) is 77.9 Å². The first-order chi connectivity index (χ1) is 12.0.